The molecule has 0 amide bonds. The van der Waals surface area contributed by atoms with Gasteiger partial charge in [0.05, 0.1) is 0 Å². The van der Waals surface area contributed by atoms with Crippen molar-refractivity contribution in [2.45, 2.75) is 0 Å². The van der Waals surface area contributed by atoms with Gasteiger partial charge in [0.2, 0.25) is 0 Å². The predicted molar refractivity (Wildman–Crippen MR) is 17.1 cm³/mol. The fourth-order valence-electron chi connectivity index (χ4n) is 0. The summed E-state index contributed by atoms with van der Waals surface area (Å²) in [5.74, 6) is 0. The van der Waals surface area contributed by atoms with Crippen molar-refractivity contribution in [1.29, 1.82) is 0 Å². The Morgan fingerprint density at radius 2 is 1.00 bits per heavy atom. The van der Waals surface area contributed by atoms with Crippen molar-refractivity contribution in [3.63, 3.8) is 0 Å². The van der Waals surface area contributed by atoms with Crippen LogP contribution in [0.15, 0.2) is 0 Å². The molecular formula is H4BCeNbSi. The fraction of sp³-hybridized carbons (Fsp3) is 0. The molecule has 20 valence electrons. The van der Waals surface area contributed by atoms with Crippen LogP contribution in [-0.4, -0.2) is 19.4 Å². The van der Waals surface area contributed by atoms with E-state index in [1.54, 1.807) is 0 Å². The van der Waals surface area contributed by atoms with Crippen LogP contribution in [0.25, 0.3) is 0 Å². The summed E-state index contributed by atoms with van der Waals surface area (Å²) < 4.78 is 0. The van der Waals surface area contributed by atoms with E-state index in [0.29, 0.717) is 0 Å². The van der Waals surface area contributed by atoms with Gasteiger partial charge in [-0.2, -0.15) is 0 Å². The molecule has 4 heavy (non-hydrogen) atoms. The topological polar surface area (TPSA) is 0 Å². The molecule has 4 radical (unpaired) electrons. The molecule has 4 heteroatoms. The first kappa shape index (κ1) is 32.4. The average Bonchev–Trinajstić information content (AvgIpc) is 0. The van der Waals surface area contributed by atoms with E-state index in [9.17, 15) is 0 Å². The second kappa shape index (κ2) is 18.2. The van der Waals surface area contributed by atoms with E-state index in [1.165, 1.54) is 0 Å². The van der Waals surface area contributed by atoms with Gasteiger partial charge in [-0.25, -0.2) is 0 Å². The van der Waals surface area contributed by atoms with Crippen molar-refractivity contribution in [3.05, 3.63) is 0 Å². The Balaban J connectivity index is 0. The summed E-state index contributed by atoms with van der Waals surface area (Å²) in [5, 5.41) is 0. The van der Waals surface area contributed by atoms with Gasteiger partial charge in [0, 0.05) is 72.5 Å². The van der Waals surface area contributed by atoms with Gasteiger partial charge in [0.15, 0.2) is 0 Å². The Hall–Kier alpha value is 2.40. The zero-order valence-corrected chi connectivity index (χ0v) is 6.86. The molecule has 0 heterocycles. The monoisotopic (exact) mass is 276 g/mol. The summed E-state index contributed by atoms with van der Waals surface area (Å²) >= 11 is 0. The molecule has 0 aromatic heterocycles. The second-order valence-electron chi connectivity index (χ2n) is 0. The van der Waals surface area contributed by atoms with Crippen LogP contribution in [0.3, 0.4) is 0 Å². The molecule has 0 aromatic rings. The molecule has 0 nitrogen and oxygen atoms in total. The Labute approximate surface area is 82.0 Å². The van der Waals surface area contributed by atoms with Crippen LogP contribution in [0.2, 0.25) is 0 Å². The van der Waals surface area contributed by atoms with Crippen LogP contribution in [0.1, 0.15) is 0 Å². The molecule has 0 saturated heterocycles. The Morgan fingerprint density at radius 3 is 1.00 bits per heavy atom. The maximum atomic E-state index is 0. The molecule has 0 saturated carbocycles. The molecule has 0 aliphatic heterocycles. The normalized spacial score (nSPS) is 0. The summed E-state index contributed by atoms with van der Waals surface area (Å²) in [5.41, 5.74) is 0. The third-order valence-corrected chi connectivity index (χ3v) is 0. The Morgan fingerprint density at radius 1 is 1.00 bits per heavy atom. The predicted octanol–water partition coefficient (Wildman–Crippen LogP) is -1.83. The summed E-state index contributed by atoms with van der Waals surface area (Å²) in [6.07, 6.45) is 0. The van der Waals surface area contributed by atoms with Gasteiger partial charge in [-0.05, 0) is 11.0 Å². The molecule has 0 fully saturated rings. The molecule has 0 atom stereocenters. The number of rotatable bonds is 0. The van der Waals surface area contributed by atoms with E-state index < -0.39 is 0 Å². The molecule has 0 N–H and O–H groups in total. The largest absolute Gasteiger partial charge is 0.0149 e. The minimum absolute atomic E-state index is 0. The molecular weight excluding hydrogens is 272 g/mol. The third kappa shape index (κ3) is 8.83. The van der Waals surface area contributed by atoms with Crippen LogP contribution < -0.4 is 0 Å². The van der Waals surface area contributed by atoms with Crippen molar-refractivity contribution in [3.8, 4) is 0 Å². The van der Waals surface area contributed by atoms with Crippen molar-refractivity contribution in [2.24, 2.45) is 0 Å². The zero-order chi connectivity index (χ0) is 0. The van der Waals surface area contributed by atoms with Crippen molar-refractivity contribution < 1.29 is 64.1 Å². The van der Waals surface area contributed by atoms with Gasteiger partial charge in [-0.15, -0.1) is 0 Å². The zero-order valence-electron chi connectivity index (χ0n) is 1.52. The third-order valence-electron chi connectivity index (χ3n) is 0. The van der Waals surface area contributed by atoms with E-state index in [0.717, 1.165) is 0 Å². The molecule has 0 rings (SSSR count). The van der Waals surface area contributed by atoms with E-state index >= 15 is 0 Å². The maximum absolute atomic E-state index is 0. The Kier molecular flexibility index (Phi) is 147. The summed E-state index contributed by atoms with van der Waals surface area (Å²) in [4.78, 5) is 0. The summed E-state index contributed by atoms with van der Waals surface area (Å²) in [6, 6.07) is 0. The second-order valence-corrected chi connectivity index (χ2v) is 0. The van der Waals surface area contributed by atoms with E-state index in [1.807, 2.05) is 0 Å². The van der Waals surface area contributed by atoms with E-state index in [4.69, 9.17) is 0 Å². The van der Waals surface area contributed by atoms with Gasteiger partial charge in [-0.1, -0.05) is 0 Å². The molecule has 0 bridgehead atoms. The van der Waals surface area contributed by atoms with E-state index in [2.05, 4.69) is 0 Å². The average molecular weight is 276 g/mol. The maximum Gasteiger partial charge on any atom is 0 e. The molecule has 0 aliphatic carbocycles. The van der Waals surface area contributed by atoms with Crippen molar-refractivity contribution in [2.75, 3.05) is 0 Å². The van der Waals surface area contributed by atoms with E-state index in [-0.39, 0.29) is 83.5 Å². The van der Waals surface area contributed by atoms with Crippen LogP contribution in [-0.2, 0) is 22.4 Å². The van der Waals surface area contributed by atoms with Crippen LogP contribution in [0.5, 0.6) is 0 Å². The quantitative estimate of drug-likeness (QED) is 0.456. The molecule has 0 spiro atoms. The van der Waals surface area contributed by atoms with Crippen LogP contribution in [0.4, 0.5) is 0 Å². The number of hydrogen-bond acceptors (Lipinski definition) is 0. The van der Waals surface area contributed by atoms with Gasteiger partial charge in [-0.3, -0.25) is 0 Å². The minimum atomic E-state index is 0. The first-order chi connectivity index (χ1) is 0. The number of hydrogen-bond donors (Lipinski definition) is 0. The first-order valence-corrected chi connectivity index (χ1v) is 0. The summed E-state index contributed by atoms with van der Waals surface area (Å²) in [6.45, 7) is 0. The standard InChI is InChI=1S/B.Ce.Nb.H4Si/h;;;1H4. The van der Waals surface area contributed by atoms with Crippen LogP contribution in [0, 0.1) is 41.7 Å². The molecule has 0 aliphatic rings. The van der Waals surface area contributed by atoms with Crippen molar-refractivity contribution >= 4 is 19.4 Å². The van der Waals surface area contributed by atoms with Gasteiger partial charge < -0.3 is 0 Å². The SMILES string of the molecule is [B].[Ce].[Nb].[SiH4]. The van der Waals surface area contributed by atoms with Crippen LogP contribution >= 0.6 is 0 Å². The minimum Gasteiger partial charge on any atom is -0.0149 e. The molecule has 0 aromatic carbocycles. The van der Waals surface area contributed by atoms with Crippen molar-refractivity contribution in [1.82, 2.24) is 0 Å². The smallest absolute Gasteiger partial charge is 0 e. The van der Waals surface area contributed by atoms with Gasteiger partial charge >= 0.3 is 0 Å². The van der Waals surface area contributed by atoms with Gasteiger partial charge in [0.25, 0.3) is 0 Å². The van der Waals surface area contributed by atoms with Gasteiger partial charge in [0.1, 0.15) is 0 Å². The first-order valence-electron chi connectivity index (χ1n) is 0. The molecule has 0 unspecified atom stereocenters. The Bertz CT molecular complexity index is 8.00. The fourth-order valence-corrected chi connectivity index (χ4v) is 0. The summed E-state index contributed by atoms with van der Waals surface area (Å²) in [7, 11) is 0.